The van der Waals surface area contributed by atoms with Gasteiger partial charge in [0.15, 0.2) is 0 Å². The van der Waals surface area contributed by atoms with Gasteiger partial charge in [-0.05, 0) is 84.9 Å². The van der Waals surface area contributed by atoms with Gasteiger partial charge in [-0.25, -0.2) is 4.79 Å². The normalized spacial score (nSPS) is 13.3. The number of rotatable bonds is 10. The number of amides is 3. The molecular weight excluding hydrogens is 438 g/mol. The van der Waals surface area contributed by atoms with Crippen molar-refractivity contribution in [1.82, 2.24) is 15.5 Å². The molecule has 0 saturated heterocycles. The van der Waals surface area contributed by atoms with Crippen molar-refractivity contribution in [3.05, 3.63) is 34.9 Å². The summed E-state index contributed by atoms with van der Waals surface area (Å²) in [6.45, 7) is 15.2. The van der Waals surface area contributed by atoms with E-state index in [1.165, 1.54) is 0 Å². The number of nitrogens with one attached hydrogen (secondary N) is 2. The topological polar surface area (TPSA) is 87.7 Å². The Labute approximate surface area is 203 Å². The van der Waals surface area contributed by atoms with Crippen LogP contribution in [0.2, 0.25) is 0 Å². The molecule has 0 aliphatic rings. The molecule has 2 unspecified atom stereocenters. The molecule has 7 nitrogen and oxygen atoms in total. The molecule has 0 fully saturated rings. The number of hydrogen-bond donors (Lipinski definition) is 2. The summed E-state index contributed by atoms with van der Waals surface area (Å²) >= 11 is 1.59. The van der Waals surface area contributed by atoms with Crippen LogP contribution in [0.15, 0.2) is 18.2 Å². The zero-order valence-corrected chi connectivity index (χ0v) is 22.4. The zero-order valence-electron chi connectivity index (χ0n) is 21.6. The standard InChI is InChI=1S/C25H41N3O4S/c1-10-28(23(30)20(13-14-33-9)27-24(31)32-25(6,7)8)21(22(29)26-16(2)3)19-12-11-17(4)15-18(19)5/h11-12,15-16,20-21H,10,13-14H2,1-9H3,(H,26,29)(H,27,31). The third-order valence-electron chi connectivity index (χ3n) is 4.93. The van der Waals surface area contributed by atoms with E-state index in [1.54, 1.807) is 37.4 Å². The van der Waals surface area contributed by atoms with E-state index >= 15 is 0 Å². The summed E-state index contributed by atoms with van der Waals surface area (Å²) in [6, 6.07) is 4.18. The third-order valence-corrected chi connectivity index (χ3v) is 5.58. The lowest BCUT2D eigenvalue weighted by Crippen LogP contribution is -2.53. The van der Waals surface area contributed by atoms with Crippen LogP contribution in [0.1, 0.15) is 70.7 Å². The molecule has 186 valence electrons. The van der Waals surface area contributed by atoms with Crippen LogP contribution in [0.4, 0.5) is 4.79 Å². The van der Waals surface area contributed by atoms with E-state index in [0.29, 0.717) is 18.7 Å². The van der Waals surface area contributed by atoms with Crippen LogP contribution in [0.25, 0.3) is 0 Å². The first-order valence-corrected chi connectivity index (χ1v) is 12.9. The highest BCUT2D eigenvalue weighted by molar-refractivity contribution is 7.98. The maximum Gasteiger partial charge on any atom is 0.408 e. The molecule has 0 aliphatic heterocycles. The van der Waals surface area contributed by atoms with E-state index in [4.69, 9.17) is 4.74 Å². The van der Waals surface area contributed by atoms with Gasteiger partial charge in [-0.2, -0.15) is 11.8 Å². The predicted octanol–water partition coefficient (Wildman–Crippen LogP) is 4.36. The van der Waals surface area contributed by atoms with E-state index in [-0.39, 0.29) is 17.9 Å². The number of likely N-dealkylation sites (N-methyl/N-ethyl adjacent to an activating group) is 1. The van der Waals surface area contributed by atoms with Gasteiger partial charge in [0.1, 0.15) is 17.7 Å². The molecule has 0 heterocycles. The van der Waals surface area contributed by atoms with Crippen molar-refractivity contribution in [3.8, 4) is 0 Å². The number of hydrogen-bond acceptors (Lipinski definition) is 5. The van der Waals surface area contributed by atoms with Gasteiger partial charge in [-0.3, -0.25) is 9.59 Å². The Morgan fingerprint density at radius 2 is 1.76 bits per heavy atom. The van der Waals surface area contributed by atoms with Gasteiger partial charge in [0, 0.05) is 12.6 Å². The summed E-state index contributed by atoms with van der Waals surface area (Å²) in [5, 5.41) is 5.69. The van der Waals surface area contributed by atoms with Crippen LogP contribution in [-0.4, -0.2) is 59.0 Å². The van der Waals surface area contributed by atoms with E-state index in [9.17, 15) is 14.4 Å². The number of thioether (sulfide) groups is 1. The first-order chi connectivity index (χ1) is 15.3. The molecule has 0 bridgehead atoms. The fourth-order valence-corrected chi connectivity index (χ4v) is 4.03. The number of benzene rings is 1. The number of carbonyl (C=O) groups excluding carboxylic acids is 3. The minimum Gasteiger partial charge on any atom is -0.444 e. The molecule has 1 aromatic rings. The van der Waals surface area contributed by atoms with Crippen molar-refractivity contribution in [2.75, 3.05) is 18.6 Å². The third kappa shape index (κ3) is 9.27. The summed E-state index contributed by atoms with van der Waals surface area (Å²) < 4.78 is 5.38. The molecule has 0 saturated carbocycles. The van der Waals surface area contributed by atoms with Crippen molar-refractivity contribution >= 4 is 29.7 Å². The highest BCUT2D eigenvalue weighted by Crippen LogP contribution is 2.27. The van der Waals surface area contributed by atoms with Crippen LogP contribution in [0.5, 0.6) is 0 Å². The average molecular weight is 480 g/mol. The van der Waals surface area contributed by atoms with Crippen LogP contribution >= 0.6 is 11.8 Å². The number of aryl methyl sites for hydroxylation is 2. The fourth-order valence-electron chi connectivity index (χ4n) is 3.56. The van der Waals surface area contributed by atoms with E-state index in [1.807, 2.05) is 59.1 Å². The van der Waals surface area contributed by atoms with Gasteiger partial charge in [0.2, 0.25) is 11.8 Å². The van der Waals surface area contributed by atoms with Crippen LogP contribution in [-0.2, 0) is 14.3 Å². The second-order valence-corrected chi connectivity index (χ2v) is 10.5. The fraction of sp³-hybridized carbons (Fsp3) is 0.640. The lowest BCUT2D eigenvalue weighted by molar-refractivity contribution is -0.142. The van der Waals surface area contributed by atoms with Crippen LogP contribution in [0, 0.1) is 13.8 Å². The molecule has 1 aromatic carbocycles. The summed E-state index contributed by atoms with van der Waals surface area (Å²) in [6.07, 6.45) is 1.73. The summed E-state index contributed by atoms with van der Waals surface area (Å²) in [4.78, 5) is 41.1. The Hall–Kier alpha value is -2.22. The highest BCUT2D eigenvalue weighted by Gasteiger charge is 2.36. The number of alkyl carbamates (subject to hydrolysis) is 1. The Morgan fingerprint density at radius 3 is 2.24 bits per heavy atom. The molecule has 3 amide bonds. The van der Waals surface area contributed by atoms with E-state index in [2.05, 4.69) is 10.6 Å². The Morgan fingerprint density at radius 1 is 1.12 bits per heavy atom. The van der Waals surface area contributed by atoms with Crippen molar-refractivity contribution < 1.29 is 19.1 Å². The monoisotopic (exact) mass is 479 g/mol. The second-order valence-electron chi connectivity index (χ2n) is 9.53. The number of carbonyl (C=O) groups is 3. The lowest BCUT2D eigenvalue weighted by Gasteiger charge is -2.34. The average Bonchev–Trinajstić information content (AvgIpc) is 2.67. The molecule has 0 spiro atoms. The van der Waals surface area contributed by atoms with E-state index < -0.39 is 23.8 Å². The molecule has 8 heteroatoms. The smallest absolute Gasteiger partial charge is 0.408 e. The minimum atomic E-state index is -0.803. The maximum absolute atomic E-state index is 13.7. The van der Waals surface area contributed by atoms with Gasteiger partial charge in [0.25, 0.3) is 0 Å². The minimum absolute atomic E-state index is 0.0771. The molecule has 1 rings (SSSR count). The van der Waals surface area contributed by atoms with Gasteiger partial charge in [-0.1, -0.05) is 23.8 Å². The first kappa shape index (κ1) is 28.8. The summed E-state index contributed by atoms with van der Waals surface area (Å²) in [5.41, 5.74) is 2.11. The molecule has 2 atom stereocenters. The largest absolute Gasteiger partial charge is 0.444 e. The molecule has 0 aromatic heterocycles. The van der Waals surface area contributed by atoms with Crippen molar-refractivity contribution in [2.45, 2.75) is 85.5 Å². The Kier molecular flexibility index (Phi) is 11.2. The SMILES string of the molecule is CCN(C(=O)C(CCSC)NC(=O)OC(C)(C)C)C(C(=O)NC(C)C)c1ccc(C)cc1C. The van der Waals surface area contributed by atoms with Crippen LogP contribution in [0.3, 0.4) is 0 Å². The van der Waals surface area contributed by atoms with Crippen molar-refractivity contribution in [1.29, 1.82) is 0 Å². The van der Waals surface area contributed by atoms with E-state index in [0.717, 1.165) is 16.7 Å². The predicted molar refractivity (Wildman–Crippen MR) is 135 cm³/mol. The number of nitrogens with zero attached hydrogens (tertiary/aromatic N) is 1. The zero-order chi connectivity index (χ0) is 25.3. The van der Waals surface area contributed by atoms with Gasteiger partial charge in [-0.15, -0.1) is 0 Å². The molecule has 33 heavy (non-hydrogen) atoms. The van der Waals surface area contributed by atoms with Gasteiger partial charge >= 0.3 is 6.09 Å². The van der Waals surface area contributed by atoms with Gasteiger partial charge in [0.05, 0.1) is 0 Å². The molecular formula is C25H41N3O4S. The molecule has 2 N–H and O–H groups in total. The first-order valence-electron chi connectivity index (χ1n) is 11.5. The Balaban J connectivity index is 3.37. The van der Waals surface area contributed by atoms with Crippen LogP contribution < -0.4 is 10.6 Å². The van der Waals surface area contributed by atoms with Crippen molar-refractivity contribution in [2.24, 2.45) is 0 Å². The molecule has 0 radical (unpaired) electrons. The summed E-state index contributed by atoms with van der Waals surface area (Å²) in [5.74, 6) is 0.130. The second kappa shape index (κ2) is 12.9. The quantitative estimate of drug-likeness (QED) is 0.520. The van der Waals surface area contributed by atoms with Crippen molar-refractivity contribution in [3.63, 3.8) is 0 Å². The maximum atomic E-state index is 13.7. The summed E-state index contributed by atoms with van der Waals surface area (Å²) in [7, 11) is 0. The lowest BCUT2D eigenvalue weighted by atomic mass is 9.96. The Bertz CT molecular complexity index is 820. The number of ether oxygens (including phenoxy) is 1. The van der Waals surface area contributed by atoms with Gasteiger partial charge < -0.3 is 20.3 Å². The molecule has 0 aliphatic carbocycles. The highest BCUT2D eigenvalue weighted by atomic mass is 32.2.